The molecule has 0 spiro atoms. The Labute approximate surface area is 154 Å². The van der Waals surface area contributed by atoms with Crippen molar-refractivity contribution in [1.29, 1.82) is 0 Å². The molecule has 3 rings (SSSR count). The Hall–Kier alpha value is -2.15. The molecule has 1 atom stereocenters. The summed E-state index contributed by atoms with van der Waals surface area (Å²) >= 11 is 0. The highest BCUT2D eigenvalue weighted by atomic mass is 16.5. The lowest BCUT2D eigenvalue weighted by molar-refractivity contribution is 0.0526. The van der Waals surface area contributed by atoms with E-state index in [1.54, 1.807) is 13.8 Å². The van der Waals surface area contributed by atoms with Crippen LogP contribution < -0.4 is 5.32 Å². The van der Waals surface area contributed by atoms with Gasteiger partial charge in [-0.05, 0) is 47.1 Å². The van der Waals surface area contributed by atoms with Crippen LogP contribution in [-0.2, 0) is 4.74 Å². The smallest absolute Gasteiger partial charge is 0.342 e. The van der Waals surface area contributed by atoms with E-state index in [0.717, 1.165) is 19.6 Å². The third-order valence-electron chi connectivity index (χ3n) is 4.95. The molecule has 0 aromatic carbocycles. The largest absolute Gasteiger partial charge is 0.462 e. The van der Waals surface area contributed by atoms with E-state index in [4.69, 9.17) is 9.15 Å². The van der Waals surface area contributed by atoms with Gasteiger partial charge in [-0.1, -0.05) is 6.42 Å². The van der Waals surface area contributed by atoms with Crippen LogP contribution in [-0.4, -0.2) is 53.1 Å². The molecule has 26 heavy (non-hydrogen) atoms. The van der Waals surface area contributed by atoms with Crippen LogP contribution in [0.2, 0.25) is 0 Å². The van der Waals surface area contributed by atoms with Gasteiger partial charge in [0, 0.05) is 19.1 Å². The molecule has 142 valence electrons. The zero-order valence-corrected chi connectivity index (χ0v) is 16.1. The second kappa shape index (κ2) is 8.03. The summed E-state index contributed by atoms with van der Waals surface area (Å²) in [7, 11) is 0. The number of ether oxygens (including phenoxy) is 1. The highest BCUT2D eigenvalue weighted by Gasteiger charge is 2.24. The van der Waals surface area contributed by atoms with Crippen LogP contribution in [0.15, 0.2) is 4.42 Å². The first-order valence-electron chi connectivity index (χ1n) is 9.44. The van der Waals surface area contributed by atoms with E-state index in [1.807, 2.05) is 6.92 Å². The van der Waals surface area contributed by atoms with Gasteiger partial charge in [-0.25, -0.2) is 9.78 Å². The molecule has 7 nitrogen and oxygen atoms in total. The third-order valence-corrected chi connectivity index (χ3v) is 4.95. The number of carbonyl (C=O) groups excluding carboxylic acids is 1. The first-order chi connectivity index (χ1) is 12.5. The number of hydrogen-bond acceptors (Lipinski definition) is 7. The van der Waals surface area contributed by atoms with E-state index in [-0.39, 0.29) is 0 Å². The zero-order chi connectivity index (χ0) is 18.7. The highest BCUT2D eigenvalue weighted by Crippen LogP contribution is 2.30. The lowest BCUT2D eigenvalue weighted by Gasteiger charge is -2.33. The SMILES string of the molecule is CCOC(=O)c1c(C)oc2nc(C)nc(NCCN3CCCC[C@H]3C)c12. The van der Waals surface area contributed by atoms with E-state index in [9.17, 15) is 4.79 Å². The second-order valence-corrected chi connectivity index (χ2v) is 6.86. The molecule has 0 amide bonds. The summed E-state index contributed by atoms with van der Waals surface area (Å²) in [5.74, 6) is 1.35. The van der Waals surface area contributed by atoms with Crippen LogP contribution >= 0.6 is 0 Å². The molecule has 0 unspecified atom stereocenters. The molecule has 7 heteroatoms. The van der Waals surface area contributed by atoms with Gasteiger partial charge >= 0.3 is 5.97 Å². The van der Waals surface area contributed by atoms with Gasteiger partial charge in [-0.15, -0.1) is 0 Å². The van der Waals surface area contributed by atoms with Gasteiger partial charge in [-0.2, -0.15) is 4.98 Å². The summed E-state index contributed by atoms with van der Waals surface area (Å²) in [6.45, 7) is 10.8. The fourth-order valence-electron chi connectivity index (χ4n) is 3.60. The van der Waals surface area contributed by atoms with Crippen LogP contribution in [0.4, 0.5) is 5.82 Å². The van der Waals surface area contributed by atoms with Gasteiger partial charge in [0.2, 0.25) is 5.71 Å². The van der Waals surface area contributed by atoms with Crippen molar-refractivity contribution in [1.82, 2.24) is 14.9 Å². The molecule has 0 radical (unpaired) electrons. The minimum Gasteiger partial charge on any atom is -0.462 e. The summed E-state index contributed by atoms with van der Waals surface area (Å²) in [4.78, 5) is 23.7. The molecule has 1 N–H and O–H groups in total. The monoisotopic (exact) mass is 360 g/mol. The van der Waals surface area contributed by atoms with Crippen LogP contribution in [0.25, 0.3) is 11.1 Å². The predicted octanol–water partition coefficient (Wildman–Crippen LogP) is 3.30. The van der Waals surface area contributed by atoms with Crippen molar-refractivity contribution in [3.05, 3.63) is 17.1 Å². The van der Waals surface area contributed by atoms with Crippen molar-refractivity contribution < 1.29 is 13.9 Å². The van der Waals surface area contributed by atoms with E-state index < -0.39 is 5.97 Å². The molecule has 0 aliphatic carbocycles. The van der Waals surface area contributed by atoms with Gasteiger partial charge in [0.25, 0.3) is 0 Å². The van der Waals surface area contributed by atoms with Crippen molar-refractivity contribution in [2.24, 2.45) is 0 Å². The number of likely N-dealkylation sites (tertiary alicyclic amines) is 1. The molecule has 0 bridgehead atoms. The lowest BCUT2D eigenvalue weighted by atomic mass is 10.0. The number of anilines is 1. The van der Waals surface area contributed by atoms with Gasteiger partial charge < -0.3 is 14.5 Å². The summed E-state index contributed by atoms with van der Waals surface area (Å²) in [6, 6.07) is 0.615. The fraction of sp³-hybridized carbons (Fsp3) is 0.632. The highest BCUT2D eigenvalue weighted by molar-refractivity contribution is 6.07. The normalized spacial score (nSPS) is 18.2. The number of aryl methyl sites for hydroxylation is 2. The maximum atomic E-state index is 12.4. The lowest BCUT2D eigenvalue weighted by Crippen LogP contribution is -2.40. The quantitative estimate of drug-likeness (QED) is 0.792. The number of nitrogens with zero attached hydrogens (tertiary/aromatic N) is 3. The molecule has 2 aromatic rings. The molecule has 1 aliphatic heterocycles. The number of rotatable bonds is 6. The van der Waals surface area contributed by atoms with Gasteiger partial charge in [0.1, 0.15) is 23.0 Å². The molecule has 3 heterocycles. The van der Waals surface area contributed by atoms with Gasteiger partial charge in [-0.3, -0.25) is 4.90 Å². The Morgan fingerprint density at radius 3 is 2.88 bits per heavy atom. The van der Waals surface area contributed by atoms with Gasteiger partial charge in [0.15, 0.2) is 0 Å². The Morgan fingerprint density at radius 1 is 1.35 bits per heavy atom. The number of carbonyl (C=O) groups is 1. The van der Waals surface area contributed by atoms with Crippen LogP contribution in [0, 0.1) is 13.8 Å². The number of nitrogens with one attached hydrogen (secondary N) is 1. The van der Waals surface area contributed by atoms with Crippen molar-refractivity contribution in [3.63, 3.8) is 0 Å². The summed E-state index contributed by atoms with van der Waals surface area (Å²) in [6.07, 6.45) is 3.83. The maximum absolute atomic E-state index is 12.4. The first-order valence-corrected chi connectivity index (χ1v) is 9.44. The summed E-state index contributed by atoms with van der Waals surface area (Å²) in [5, 5.41) is 4.00. The van der Waals surface area contributed by atoms with Crippen molar-refractivity contribution in [3.8, 4) is 0 Å². The van der Waals surface area contributed by atoms with E-state index in [2.05, 4.69) is 27.1 Å². The van der Waals surface area contributed by atoms with Crippen LogP contribution in [0.5, 0.6) is 0 Å². The van der Waals surface area contributed by atoms with E-state index in [1.165, 1.54) is 19.3 Å². The van der Waals surface area contributed by atoms with Gasteiger partial charge in [0.05, 0.1) is 12.0 Å². The van der Waals surface area contributed by atoms with Crippen LogP contribution in [0.1, 0.15) is 55.1 Å². The fourth-order valence-corrected chi connectivity index (χ4v) is 3.60. The minimum absolute atomic E-state index is 0.313. The molecular weight excluding hydrogens is 332 g/mol. The van der Waals surface area contributed by atoms with Crippen molar-refractivity contribution in [2.45, 2.75) is 53.0 Å². The summed E-state index contributed by atoms with van der Waals surface area (Å²) in [5.41, 5.74) is 0.836. The molecule has 2 aromatic heterocycles. The first kappa shape index (κ1) is 18.6. The topological polar surface area (TPSA) is 80.5 Å². The minimum atomic E-state index is -0.399. The number of fused-ring (bicyclic) bond motifs is 1. The van der Waals surface area contributed by atoms with E-state index >= 15 is 0 Å². The van der Waals surface area contributed by atoms with Crippen molar-refractivity contribution in [2.75, 3.05) is 31.6 Å². The summed E-state index contributed by atoms with van der Waals surface area (Å²) < 4.78 is 10.9. The number of piperidine rings is 1. The molecule has 1 saturated heterocycles. The molecule has 0 saturated carbocycles. The Morgan fingerprint density at radius 2 is 2.15 bits per heavy atom. The number of esters is 1. The zero-order valence-electron chi connectivity index (χ0n) is 16.1. The number of aromatic nitrogens is 2. The van der Waals surface area contributed by atoms with Crippen LogP contribution in [0.3, 0.4) is 0 Å². The average molecular weight is 360 g/mol. The molecule has 1 aliphatic rings. The Kier molecular flexibility index (Phi) is 5.76. The standard InChI is InChI=1S/C19H28N4O3/c1-5-25-19(24)15-13(3)26-18-16(15)17(21-14(4)22-18)20-9-11-23-10-7-6-8-12(23)2/h12H,5-11H2,1-4H3,(H,20,21,22)/t12-/m1/s1. The van der Waals surface area contributed by atoms with E-state index in [0.29, 0.717) is 46.7 Å². The second-order valence-electron chi connectivity index (χ2n) is 6.86. The maximum Gasteiger partial charge on any atom is 0.342 e. The molecular formula is C19H28N4O3. The number of furan rings is 1. The Bertz CT molecular complexity index is 787. The average Bonchev–Trinajstić information content (AvgIpc) is 2.92. The molecule has 1 fully saturated rings. The van der Waals surface area contributed by atoms with Crippen molar-refractivity contribution >= 4 is 22.9 Å². The Balaban J connectivity index is 1.83. The third kappa shape index (κ3) is 3.82. The predicted molar refractivity (Wildman–Crippen MR) is 101 cm³/mol. The number of hydrogen-bond donors (Lipinski definition) is 1.